The number of carbonyl (C=O) groups is 1. The highest BCUT2D eigenvalue weighted by Crippen LogP contribution is 2.15. The lowest BCUT2D eigenvalue weighted by Gasteiger charge is -2.09. The third kappa shape index (κ3) is 1.97. The maximum absolute atomic E-state index is 10.5. The Kier molecular flexibility index (Phi) is 2.39. The molecule has 1 unspecified atom stereocenters. The van der Waals surface area contributed by atoms with Crippen LogP contribution < -0.4 is 5.73 Å². The van der Waals surface area contributed by atoms with Crippen LogP contribution >= 0.6 is 0 Å². The lowest BCUT2D eigenvalue weighted by Crippen LogP contribution is -2.15. The molecule has 15 heavy (non-hydrogen) atoms. The predicted octanol–water partition coefficient (Wildman–Crippen LogP) is 0.809. The van der Waals surface area contributed by atoms with Gasteiger partial charge in [0.2, 0.25) is 0 Å². The van der Waals surface area contributed by atoms with E-state index in [0.29, 0.717) is 0 Å². The highest BCUT2D eigenvalue weighted by atomic mass is 16.4. The number of aliphatic carboxylic acids is 1. The molecule has 0 fully saturated rings. The second kappa shape index (κ2) is 3.70. The van der Waals surface area contributed by atoms with Crippen LogP contribution in [0.4, 0.5) is 0 Å². The molecule has 0 aliphatic rings. The maximum Gasteiger partial charge on any atom is 0.305 e. The second-order valence-electron chi connectivity index (χ2n) is 3.39. The lowest BCUT2D eigenvalue weighted by molar-refractivity contribution is -0.137. The maximum atomic E-state index is 10.5. The molecule has 0 amide bonds. The van der Waals surface area contributed by atoms with Crippen molar-refractivity contribution in [2.45, 2.75) is 12.5 Å². The summed E-state index contributed by atoms with van der Waals surface area (Å²) in [5.41, 5.74) is 7.47. The molecule has 0 saturated heterocycles. The zero-order valence-corrected chi connectivity index (χ0v) is 8.00. The fourth-order valence-electron chi connectivity index (χ4n) is 1.47. The number of nitrogens with two attached hydrogens (primary N) is 1. The molecule has 2 rings (SSSR count). The van der Waals surface area contributed by atoms with Crippen LogP contribution in [-0.4, -0.2) is 20.5 Å². The van der Waals surface area contributed by atoms with Gasteiger partial charge in [0.15, 0.2) is 0 Å². The predicted molar refractivity (Wildman–Crippen MR) is 54.4 cm³/mol. The summed E-state index contributed by atoms with van der Waals surface area (Å²) in [5.74, 6) is -0.893. The first-order valence-corrected chi connectivity index (χ1v) is 4.56. The van der Waals surface area contributed by atoms with Gasteiger partial charge in [-0.1, -0.05) is 0 Å². The van der Waals surface area contributed by atoms with Crippen LogP contribution in [-0.2, 0) is 4.79 Å². The molecule has 5 nitrogen and oxygen atoms in total. The van der Waals surface area contributed by atoms with Crippen molar-refractivity contribution in [1.82, 2.24) is 9.38 Å². The number of carboxylic acids is 1. The summed E-state index contributed by atoms with van der Waals surface area (Å²) < 4.78 is 1.84. The van der Waals surface area contributed by atoms with E-state index in [0.717, 1.165) is 11.1 Å². The van der Waals surface area contributed by atoms with Crippen molar-refractivity contribution in [2.24, 2.45) is 5.73 Å². The molecule has 0 aliphatic heterocycles. The standard InChI is InChI=1S/C10H11N3O2/c11-9(4-10(14)15)7-1-2-13-6-12-5-8(13)3-7/h1-3,5-6,9H,4,11H2,(H,14,15). The molecule has 1 atom stereocenters. The van der Waals surface area contributed by atoms with Crippen molar-refractivity contribution in [3.05, 3.63) is 36.4 Å². The Morgan fingerprint density at radius 1 is 1.67 bits per heavy atom. The normalized spacial score (nSPS) is 12.9. The molecule has 0 aliphatic carbocycles. The van der Waals surface area contributed by atoms with Gasteiger partial charge in [0.05, 0.1) is 24.5 Å². The number of fused-ring (bicyclic) bond motifs is 1. The first-order valence-electron chi connectivity index (χ1n) is 4.56. The Hall–Kier alpha value is -1.88. The fraction of sp³-hybridized carbons (Fsp3) is 0.200. The number of hydrogen-bond acceptors (Lipinski definition) is 3. The molecule has 2 aromatic rings. The average molecular weight is 205 g/mol. The van der Waals surface area contributed by atoms with Crippen molar-refractivity contribution in [1.29, 1.82) is 0 Å². The highest BCUT2D eigenvalue weighted by Gasteiger charge is 2.10. The van der Waals surface area contributed by atoms with Gasteiger partial charge < -0.3 is 15.2 Å². The smallest absolute Gasteiger partial charge is 0.305 e. The van der Waals surface area contributed by atoms with E-state index in [2.05, 4.69) is 4.98 Å². The molecule has 2 heterocycles. The van der Waals surface area contributed by atoms with Gasteiger partial charge in [-0.15, -0.1) is 0 Å². The Morgan fingerprint density at radius 3 is 3.20 bits per heavy atom. The van der Waals surface area contributed by atoms with Crippen molar-refractivity contribution < 1.29 is 9.90 Å². The third-order valence-electron chi connectivity index (χ3n) is 2.26. The molecule has 0 radical (unpaired) electrons. The molecule has 3 N–H and O–H groups in total. The molecule has 0 bridgehead atoms. The van der Waals surface area contributed by atoms with Crippen LogP contribution in [0.1, 0.15) is 18.0 Å². The van der Waals surface area contributed by atoms with Gasteiger partial charge in [-0.25, -0.2) is 4.98 Å². The minimum atomic E-state index is -0.893. The minimum absolute atomic E-state index is 0.0652. The topological polar surface area (TPSA) is 80.6 Å². The van der Waals surface area contributed by atoms with Crippen LogP contribution in [0.5, 0.6) is 0 Å². The van der Waals surface area contributed by atoms with E-state index in [1.807, 2.05) is 22.7 Å². The Morgan fingerprint density at radius 2 is 2.47 bits per heavy atom. The number of hydrogen-bond donors (Lipinski definition) is 2. The van der Waals surface area contributed by atoms with E-state index >= 15 is 0 Å². The van der Waals surface area contributed by atoms with Crippen LogP contribution in [0, 0.1) is 0 Å². The third-order valence-corrected chi connectivity index (χ3v) is 2.26. The Labute approximate surface area is 86.2 Å². The van der Waals surface area contributed by atoms with Gasteiger partial charge >= 0.3 is 5.97 Å². The lowest BCUT2D eigenvalue weighted by atomic mass is 10.1. The summed E-state index contributed by atoms with van der Waals surface area (Å²) >= 11 is 0. The van der Waals surface area contributed by atoms with Crippen LogP contribution in [0.3, 0.4) is 0 Å². The second-order valence-corrected chi connectivity index (χ2v) is 3.39. The molecule has 78 valence electrons. The number of aromatic nitrogens is 2. The number of carboxylic acid groups (broad SMARTS) is 1. The Balaban J connectivity index is 2.30. The summed E-state index contributed by atoms with van der Waals surface area (Å²) in [6.45, 7) is 0. The molecule has 0 saturated carbocycles. The van der Waals surface area contributed by atoms with Crippen LogP contribution in [0.25, 0.3) is 5.52 Å². The van der Waals surface area contributed by atoms with E-state index in [-0.39, 0.29) is 6.42 Å². The van der Waals surface area contributed by atoms with Gasteiger partial charge in [0.1, 0.15) is 0 Å². The monoisotopic (exact) mass is 205 g/mol. The molecular formula is C10H11N3O2. The van der Waals surface area contributed by atoms with Crippen LogP contribution in [0.15, 0.2) is 30.9 Å². The van der Waals surface area contributed by atoms with Crippen LogP contribution in [0.2, 0.25) is 0 Å². The van der Waals surface area contributed by atoms with E-state index in [1.165, 1.54) is 0 Å². The SMILES string of the molecule is NC(CC(=O)O)c1ccn2cncc2c1. The van der Waals surface area contributed by atoms with E-state index in [4.69, 9.17) is 10.8 Å². The molecule has 0 spiro atoms. The van der Waals surface area contributed by atoms with Crippen molar-refractivity contribution in [3.8, 4) is 0 Å². The Bertz CT molecular complexity index is 492. The van der Waals surface area contributed by atoms with Crippen molar-refractivity contribution >= 4 is 11.5 Å². The average Bonchev–Trinajstić information content (AvgIpc) is 2.62. The number of nitrogens with zero attached hydrogens (tertiary/aromatic N) is 2. The molecular weight excluding hydrogens is 194 g/mol. The largest absolute Gasteiger partial charge is 0.481 e. The minimum Gasteiger partial charge on any atom is -0.481 e. The fourth-order valence-corrected chi connectivity index (χ4v) is 1.47. The van der Waals surface area contributed by atoms with Gasteiger partial charge in [0, 0.05) is 12.2 Å². The zero-order valence-electron chi connectivity index (χ0n) is 8.00. The number of imidazole rings is 1. The zero-order chi connectivity index (χ0) is 10.8. The molecule has 2 aromatic heterocycles. The quantitative estimate of drug-likeness (QED) is 0.776. The summed E-state index contributed by atoms with van der Waals surface area (Å²) in [5, 5.41) is 8.62. The number of rotatable bonds is 3. The summed E-state index contributed by atoms with van der Waals surface area (Å²) in [6, 6.07) is 3.19. The summed E-state index contributed by atoms with van der Waals surface area (Å²) in [6.07, 6.45) is 5.14. The number of pyridine rings is 1. The highest BCUT2D eigenvalue weighted by molar-refractivity contribution is 5.68. The first-order chi connectivity index (χ1) is 7.16. The summed E-state index contributed by atoms with van der Waals surface area (Å²) in [4.78, 5) is 14.5. The van der Waals surface area contributed by atoms with E-state index < -0.39 is 12.0 Å². The molecule has 5 heteroatoms. The first kappa shape index (κ1) is 9.67. The van der Waals surface area contributed by atoms with Gasteiger partial charge in [-0.3, -0.25) is 4.79 Å². The van der Waals surface area contributed by atoms with Crippen molar-refractivity contribution in [2.75, 3.05) is 0 Å². The van der Waals surface area contributed by atoms with E-state index in [1.54, 1.807) is 12.5 Å². The van der Waals surface area contributed by atoms with E-state index in [9.17, 15) is 4.79 Å². The van der Waals surface area contributed by atoms with Gasteiger partial charge in [-0.05, 0) is 17.7 Å². The van der Waals surface area contributed by atoms with Crippen molar-refractivity contribution in [3.63, 3.8) is 0 Å². The molecule has 0 aromatic carbocycles. The summed E-state index contributed by atoms with van der Waals surface area (Å²) in [7, 11) is 0. The van der Waals surface area contributed by atoms with Gasteiger partial charge in [0.25, 0.3) is 0 Å². The van der Waals surface area contributed by atoms with Gasteiger partial charge in [-0.2, -0.15) is 0 Å².